The van der Waals surface area contributed by atoms with E-state index in [1.165, 1.54) is 14.7 Å². The highest BCUT2D eigenvalue weighted by Crippen LogP contribution is 2.44. The first-order chi connectivity index (χ1) is 13.3. The molecule has 0 aliphatic rings. The van der Waals surface area contributed by atoms with Gasteiger partial charge in [0.05, 0.1) is 13.6 Å². The molecule has 0 saturated heterocycles. The Balaban J connectivity index is 2.24. The molecule has 1 heterocycles. The molecular weight excluding hydrogens is 471 g/mol. The molecule has 1 aromatic heterocycles. The van der Waals surface area contributed by atoms with Crippen LogP contribution >= 0.6 is 22.6 Å². The van der Waals surface area contributed by atoms with Gasteiger partial charge in [-0.15, -0.1) is 0 Å². The molecule has 0 atom stereocenters. The van der Waals surface area contributed by atoms with Crippen LogP contribution in [0.25, 0.3) is 22.3 Å². The van der Waals surface area contributed by atoms with Gasteiger partial charge in [-0.1, -0.05) is 88.5 Å². The Morgan fingerprint density at radius 1 is 0.821 bits per heavy atom. The van der Waals surface area contributed by atoms with Gasteiger partial charge in [0.2, 0.25) is 0 Å². The Labute approximate surface area is 184 Å². The van der Waals surface area contributed by atoms with Gasteiger partial charge in [0, 0.05) is 20.2 Å². The summed E-state index contributed by atoms with van der Waals surface area (Å²) >= 11 is 2.40. The third kappa shape index (κ3) is 4.04. The van der Waals surface area contributed by atoms with Gasteiger partial charge >= 0.3 is 0 Å². The minimum absolute atomic E-state index is 0.709. The Bertz CT molecular complexity index is 930. The van der Waals surface area contributed by atoms with E-state index in [0.29, 0.717) is 16.6 Å². The molecule has 0 N–H and O–H groups in total. The number of halogens is 1. The van der Waals surface area contributed by atoms with Crippen LogP contribution in [0, 0.1) is 3.57 Å². The van der Waals surface area contributed by atoms with Crippen LogP contribution in [-0.2, 0) is 6.04 Å². The molecule has 0 spiro atoms. The van der Waals surface area contributed by atoms with Gasteiger partial charge in [-0.2, -0.15) is 0 Å². The maximum atomic E-state index is 5.16. The number of nitrogens with zero attached hydrogens (tertiary/aromatic N) is 2. The Kier molecular flexibility index (Phi) is 6.60. The molecule has 28 heavy (non-hydrogen) atoms. The van der Waals surface area contributed by atoms with E-state index in [-0.39, 0.29) is 0 Å². The highest BCUT2D eigenvalue weighted by Gasteiger charge is 2.43. The predicted octanol–water partition coefficient (Wildman–Crippen LogP) is 7.66. The molecule has 2 nitrogen and oxygen atoms in total. The van der Waals surface area contributed by atoms with Gasteiger partial charge < -0.3 is 0 Å². The van der Waals surface area contributed by atoms with Gasteiger partial charge in [0.25, 0.3) is 0 Å². The molecule has 0 unspecified atom stereocenters. The summed E-state index contributed by atoms with van der Waals surface area (Å²) in [6.07, 6.45) is 0. The smallest absolute Gasteiger partial charge is 0.160 e. The standard InChI is InChI=1S/C24H31IN2Si/c1-16(2)28(17(3)4,18(5)6)15-23-21-14-20(25)12-13-22(21)26-24(27-23)19-10-8-7-9-11-19/h7-14,16-18H,15H2,1-6H3. The number of benzene rings is 2. The number of hydrogen-bond acceptors (Lipinski definition) is 2. The lowest BCUT2D eigenvalue weighted by Gasteiger charge is -2.43. The summed E-state index contributed by atoms with van der Waals surface area (Å²) in [7, 11) is -1.62. The first-order valence-corrected chi connectivity index (χ1v) is 13.8. The lowest BCUT2D eigenvalue weighted by Crippen LogP contribution is -2.47. The van der Waals surface area contributed by atoms with Crippen molar-refractivity contribution in [2.45, 2.75) is 64.2 Å². The van der Waals surface area contributed by atoms with E-state index in [1.807, 2.05) is 6.07 Å². The molecule has 0 radical (unpaired) electrons. The van der Waals surface area contributed by atoms with Crippen LogP contribution in [0.3, 0.4) is 0 Å². The van der Waals surface area contributed by atoms with Gasteiger partial charge in [0.15, 0.2) is 5.82 Å². The second-order valence-electron chi connectivity index (χ2n) is 8.77. The summed E-state index contributed by atoms with van der Waals surface area (Å²) in [6, 6.07) is 18.1. The molecule has 0 aliphatic heterocycles. The molecule has 0 bridgehead atoms. The Morgan fingerprint density at radius 2 is 1.43 bits per heavy atom. The van der Waals surface area contributed by atoms with Crippen molar-refractivity contribution < 1.29 is 0 Å². The summed E-state index contributed by atoms with van der Waals surface area (Å²) < 4.78 is 1.24. The maximum absolute atomic E-state index is 5.16. The predicted molar refractivity (Wildman–Crippen MR) is 132 cm³/mol. The summed E-state index contributed by atoms with van der Waals surface area (Å²) in [5.74, 6) is 0.850. The highest BCUT2D eigenvalue weighted by molar-refractivity contribution is 14.1. The number of aromatic nitrogens is 2. The number of hydrogen-bond donors (Lipinski definition) is 0. The van der Waals surface area contributed by atoms with E-state index in [4.69, 9.17) is 9.97 Å². The summed E-state index contributed by atoms with van der Waals surface area (Å²) in [6.45, 7) is 14.6. The van der Waals surface area contributed by atoms with Crippen molar-refractivity contribution in [3.05, 3.63) is 57.8 Å². The monoisotopic (exact) mass is 502 g/mol. The first kappa shape index (κ1) is 21.4. The fraction of sp³-hybridized carbons (Fsp3) is 0.417. The Morgan fingerprint density at radius 3 is 2.00 bits per heavy atom. The van der Waals surface area contributed by atoms with E-state index in [9.17, 15) is 0 Å². The molecule has 2 aromatic carbocycles. The average Bonchev–Trinajstić information content (AvgIpc) is 2.65. The van der Waals surface area contributed by atoms with E-state index < -0.39 is 8.07 Å². The number of rotatable bonds is 6. The summed E-state index contributed by atoms with van der Waals surface area (Å²) in [5, 5.41) is 1.23. The van der Waals surface area contributed by atoms with E-state index in [0.717, 1.165) is 22.9 Å². The van der Waals surface area contributed by atoms with Gasteiger partial charge in [0.1, 0.15) is 0 Å². The van der Waals surface area contributed by atoms with Crippen LogP contribution < -0.4 is 0 Å². The van der Waals surface area contributed by atoms with Crippen molar-refractivity contribution in [2.75, 3.05) is 0 Å². The minimum atomic E-state index is -1.62. The molecule has 4 heteroatoms. The van der Waals surface area contributed by atoms with Crippen LogP contribution in [0.5, 0.6) is 0 Å². The highest BCUT2D eigenvalue weighted by atomic mass is 127. The third-order valence-electron chi connectivity index (χ3n) is 6.47. The van der Waals surface area contributed by atoms with Gasteiger partial charge in [-0.25, -0.2) is 9.97 Å². The van der Waals surface area contributed by atoms with Crippen molar-refractivity contribution in [1.82, 2.24) is 9.97 Å². The average molecular weight is 503 g/mol. The SMILES string of the molecule is CC(C)[Si](Cc1nc(-c2ccccc2)nc2ccc(I)cc12)(C(C)C)C(C)C. The van der Waals surface area contributed by atoms with Gasteiger partial charge in [-0.05, 0) is 46.8 Å². The molecule has 3 rings (SSSR count). The fourth-order valence-corrected chi connectivity index (χ4v) is 11.5. The minimum Gasteiger partial charge on any atom is -0.233 e. The molecule has 0 aliphatic carbocycles. The zero-order valence-corrected chi connectivity index (χ0v) is 21.0. The van der Waals surface area contributed by atoms with Crippen molar-refractivity contribution in [3.8, 4) is 11.4 Å². The van der Waals surface area contributed by atoms with Crippen LogP contribution in [0.15, 0.2) is 48.5 Å². The number of fused-ring (bicyclic) bond motifs is 1. The largest absolute Gasteiger partial charge is 0.233 e. The van der Waals surface area contributed by atoms with Crippen LogP contribution in [-0.4, -0.2) is 18.0 Å². The van der Waals surface area contributed by atoms with E-state index in [1.54, 1.807) is 0 Å². The zero-order valence-electron chi connectivity index (χ0n) is 17.8. The lowest BCUT2D eigenvalue weighted by molar-refractivity contribution is 0.793. The molecule has 0 amide bonds. The normalized spacial score (nSPS) is 12.5. The lowest BCUT2D eigenvalue weighted by atomic mass is 10.1. The molecular formula is C24H31IN2Si. The quantitative estimate of drug-likeness (QED) is 0.255. The maximum Gasteiger partial charge on any atom is 0.160 e. The van der Waals surface area contributed by atoms with Crippen LogP contribution in [0.1, 0.15) is 47.2 Å². The molecule has 0 fully saturated rings. The van der Waals surface area contributed by atoms with Crippen molar-refractivity contribution in [2.24, 2.45) is 0 Å². The first-order valence-electron chi connectivity index (χ1n) is 10.3. The molecule has 0 saturated carbocycles. The fourth-order valence-electron chi connectivity index (χ4n) is 4.92. The topological polar surface area (TPSA) is 25.8 Å². The molecule has 3 aromatic rings. The third-order valence-corrected chi connectivity index (χ3v) is 14.5. The van der Waals surface area contributed by atoms with Crippen LogP contribution in [0.2, 0.25) is 16.6 Å². The van der Waals surface area contributed by atoms with Crippen LogP contribution in [0.4, 0.5) is 0 Å². The Hall–Kier alpha value is -1.27. The van der Waals surface area contributed by atoms with E-state index >= 15 is 0 Å². The zero-order chi connectivity index (χ0) is 20.5. The van der Waals surface area contributed by atoms with Crippen molar-refractivity contribution >= 4 is 41.6 Å². The summed E-state index contributed by atoms with van der Waals surface area (Å²) in [5.41, 5.74) is 5.52. The second-order valence-corrected chi connectivity index (χ2v) is 16.1. The van der Waals surface area contributed by atoms with E-state index in [2.05, 4.69) is 107 Å². The van der Waals surface area contributed by atoms with Crippen molar-refractivity contribution in [3.63, 3.8) is 0 Å². The summed E-state index contributed by atoms with van der Waals surface area (Å²) in [4.78, 5) is 10.1. The second kappa shape index (κ2) is 8.62. The van der Waals surface area contributed by atoms with Gasteiger partial charge in [-0.3, -0.25) is 0 Å². The molecule has 148 valence electrons. The van der Waals surface area contributed by atoms with Crippen molar-refractivity contribution in [1.29, 1.82) is 0 Å².